The summed E-state index contributed by atoms with van der Waals surface area (Å²) in [6.07, 6.45) is -1.15. The predicted octanol–water partition coefficient (Wildman–Crippen LogP) is 1.29. The Kier molecular flexibility index (Phi) is 4.63. The number of hydrogen-bond acceptors (Lipinski definition) is 3. The fourth-order valence-electron chi connectivity index (χ4n) is 1.02. The molecule has 0 unspecified atom stereocenters. The summed E-state index contributed by atoms with van der Waals surface area (Å²) in [5.41, 5.74) is 1.01. The normalized spacial score (nSPS) is 11.9. The van der Waals surface area contributed by atoms with Crippen molar-refractivity contribution >= 4 is 6.09 Å². The van der Waals surface area contributed by atoms with Gasteiger partial charge in [-0.15, -0.1) is 0 Å². The van der Waals surface area contributed by atoms with Gasteiger partial charge in [0.25, 0.3) is 0 Å². The maximum atomic E-state index is 11.1. The summed E-state index contributed by atoms with van der Waals surface area (Å²) >= 11 is 0. The Balaban J connectivity index is 2.23. The van der Waals surface area contributed by atoms with Crippen LogP contribution < -0.4 is 5.32 Å². The molecule has 0 saturated carbocycles. The maximum Gasteiger partial charge on any atom is 0.407 e. The third-order valence-electron chi connectivity index (χ3n) is 1.74. The minimum Gasteiger partial charge on any atom is -0.447 e. The van der Waals surface area contributed by atoms with E-state index in [9.17, 15) is 4.79 Å². The zero-order valence-electron chi connectivity index (χ0n) is 8.64. The highest BCUT2D eigenvalue weighted by Crippen LogP contribution is 1.97. The summed E-state index contributed by atoms with van der Waals surface area (Å²) in [6.45, 7) is 2.00. The molecule has 15 heavy (non-hydrogen) atoms. The van der Waals surface area contributed by atoms with E-state index in [0.717, 1.165) is 5.56 Å². The number of hydrogen-bond donors (Lipinski definition) is 2. The zero-order valence-corrected chi connectivity index (χ0v) is 8.64. The lowest BCUT2D eigenvalue weighted by Gasteiger charge is -2.08. The smallest absolute Gasteiger partial charge is 0.407 e. The number of amides is 1. The zero-order chi connectivity index (χ0) is 11.1. The third-order valence-corrected chi connectivity index (χ3v) is 1.74. The number of nitrogens with one attached hydrogen (secondary N) is 1. The van der Waals surface area contributed by atoms with Gasteiger partial charge in [-0.3, -0.25) is 0 Å². The Morgan fingerprint density at radius 3 is 2.73 bits per heavy atom. The van der Waals surface area contributed by atoms with E-state index in [1.807, 2.05) is 30.3 Å². The van der Waals surface area contributed by atoms with Crippen LogP contribution in [-0.2, 0) is 11.3 Å². The first-order chi connectivity index (χ1) is 7.18. The minimum atomic E-state index is -0.632. The first kappa shape index (κ1) is 11.5. The molecular weight excluding hydrogens is 194 g/mol. The number of rotatable bonds is 4. The van der Waals surface area contributed by atoms with Gasteiger partial charge in [-0.25, -0.2) is 4.79 Å². The molecule has 0 bridgehead atoms. The van der Waals surface area contributed by atoms with Crippen LogP contribution in [0, 0.1) is 0 Å². The first-order valence-electron chi connectivity index (χ1n) is 4.81. The van der Waals surface area contributed by atoms with E-state index in [4.69, 9.17) is 9.84 Å². The molecule has 0 heterocycles. The van der Waals surface area contributed by atoms with Crippen molar-refractivity contribution < 1.29 is 14.6 Å². The standard InChI is InChI=1S/C11H15NO3/c1-9(13)8-15-11(14)12-7-10-5-3-2-4-6-10/h2-6,9,13H,7-8H2,1H3,(H,12,14)/t9-/m0/s1. The fourth-order valence-corrected chi connectivity index (χ4v) is 1.02. The second-order valence-electron chi connectivity index (χ2n) is 3.29. The predicted molar refractivity (Wildman–Crippen MR) is 56.3 cm³/mol. The van der Waals surface area contributed by atoms with Gasteiger partial charge in [0.15, 0.2) is 0 Å². The number of aliphatic hydroxyl groups is 1. The van der Waals surface area contributed by atoms with Crippen LogP contribution in [0.3, 0.4) is 0 Å². The molecule has 0 aromatic heterocycles. The molecule has 1 aromatic rings. The molecule has 1 rings (SSSR count). The molecule has 0 spiro atoms. The molecular formula is C11H15NO3. The number of ether oxygens (including phenoxy) is 1. The highest BCUT2D eigenvalue weighted by Gasteiger charge is 2.03. The van der Waals surface area contributed by atoms with Crippen LogP contribution in [0.2, 0.25) is 0 Å². The van der Waals surface area contributed by atoms with Crippen LogP contribution in [0.4, 0.5) is 4.79 Å². The highest BCUT2D eigenvalue weighted by molar-refractivity contribution is 5.67. The van der Waals surface area contributed by atoms with E-state index in [0.29, 0.717) is 6.54 Å². The second-order valence-corrected chi connectivity index (χ2v) is 3.29. The number of aliphatic hydroxyl groups excluding tert-OH is 1. The van der Waals surface area contributed by atoms with Crippen molar-refractivity contribution in [2.24, 2.45) is 0 Å². The van der Waals surface area contributed by atoms with Gasteiger partial charge in [-0.05, 0) is 12.5 Å². The van der Waals surface area contributed by atoms with E-state index in [1.165, 1.54) is 0 Å². The molecule has 0 fully saturated rings. The van der Waals surface area contributed by atoms with E-state index in [1.54, 1.807) is 6.92 Å². The van der Waals surface area contributed by atoms with Gasteiger partial charge in [0.05, 0.1) is 6.10 Å². The van der Waals surface area contributed by atoms with Gasteiger partial charge in [0.2, 0.25) is 0 Å². The molecule has 0 aliphatic heterocycles. The van der Waals surface area contributed by atoms with Gasteiger partial charge in [-0.2, -0.15) is 0 Å². The average Bonchev–Trinajstić information content (AvgIpc) is 2.25. The van der Waals surface area contributed by atoms with Crippen LogP contribution in [0.25, 0.3) is 0 Å². The van der Waals surface area contributed by atoms with Crippen molar-refractivity contribution in [3.8, 4) is 0 Å². The SMILES string of the molecule is C[C@H](O)COC(=O)NCc1ccccc1. The van der Waals surface area contributed by atoms with E-state index >= 15 is 0 Å². The minimum absolute atomic E-state index is 0.0145. The van der Waals surface area contributed by atoms with Crippen molar-refractivity contribution in [1.82, 2.24) is 5.32 Å². The van der Waals surface area contributed by atoms with Crippen LogP contribution in [0.1, 0.15) is 12.5 Å². The van der Waals surface area contributed by atoms with Crippen LogP contribution >= 0.6 is 0 Å². The third kappa shape index (κ3) is 5.02. The molecule has 1 amide bonds. The molecule has 4 nitrogen and oxygen atoms in total. The Morgan fingerprint density at radius 1 is 1.47 bits per heavy atom. The Morgan fingerprint density at radius 2 is 2.13 bits per heavy atom. The molecule has 0 saturated heterocycles. The summed E-state index contributed by atoms with van der Waals surface area (Å²) in [5, 5.41) is 11.5. The van der Waals surface area contributed by atoms with Crippen LogP contribution in [-0.4, -0.2) is 23.9 Å². The summed E-state index contributed by atoms with van der Waals surface area (Å²) in [4.78, 5) is 11.1. The Hall–Kier alpha value is -1.55. The summed E-state index contributed by atoms with van der Waals surface area (Å²) in [6, 6.07) is 9.54. The molecule has 0 aliphatic rings. The van der Waals surface area contributed by atoms with Crippen LogP contribution in [0.15, 0.2) is 30.3 Å². The lowest BCUT2D eigenvalue weighted by atomic mass is 10.2. The number of alkyl carbamates (subject to hydrolysis) is 1. The van der Waals surface area contributed by atoms with Gasteiger partial charge in [-0.1, -0.05) is 30.3 Å². The van der Waals surface area contributed by atoms with E-state index in [2.05, 4.69) is 5.32 Å². The fraction of sp³-hybridized carbons (Fsp3) is 0.364. The van der Waals surface area contributed by atoms with Gasteiger partial charge < -0.3 is 15.2 Å². The van der Waals surface area contributed by atoms with Crippen molar-refractivity contribution in [2.45, 2.75) is 19.6 Å². The monoisotopic (exact) mass is 209 g/mol. The molecule has 2 N–H and O–H groups in total. The number of benzene rings is 1. The van der Waals surface area contributed by atoms with Gasteiger partial charge in [0, 0.05) is 6.54 Å². The van der Waals surface area contributed by atoms with Crippen molar-refractivity contribution in [3.05, 3.63) is 35.9 Å². The Bertz CT molecular complexity index is 298. The lowest BCUT2D eigenvalue weighted by Crippen LogP contribution is -2.26. The lowest BCUT2D eigenvalue weighted by molar-refractivity contribution is 0.0778. The topological polar surface area (TPSA) is 58.6 Å². The molecule has 82 valence electrons. The second kappa shape index (κ2) is 6.03. The summed E-state index contributed by atoms with van der Waals surface area (Å²) in [5.74, 6) is 0. The summed E-state index contributed by atoms with van der Waals surface area (Å²) < 4.78 is 4.73. The highest BCUT2D eigenvalue weighted by atomic mass is 16.6. The number of carbonyl (C=O) groups excluding carboxylic acids is 1. The first-order valence-corrected chi connectivity index (χ1v) is 4.81. The van der Waals surface area contributed by atoms with E-state index in [-0.39, 0.29) is 6.61 Å². The molecule has 4 heteroatoms. The largest absolute Gasteiger partial charge is 0.447 e. The van der Waals surface area contributed by atoms with Crippen LogP contribution in [0.5, 0.6) is 0 Å². The maximum absolute atomic E-state index is 11.1. The van der Waals surface area contributed by atoms with Gasteiger partial charge >= 0.3 is 6.09 Å². The molecule has 1 atom stereocenters. The van der Waals surface area contributed by atoms with E-state index < -0.39 is 12.2 Å². The van der Waals surface area contributed by atoms with Crippen molar-refractivity contribution in [2.75, 3.05) is 6.61 Å². The van der Waals surface area contributed by atoms with Gasteiger partial charge in [0.1, 0.15) is 6.61 Å². The Labute approximate surface area is 88.9 Å². The molecule has 0 radical (unpaired) electrons. The number of carbonyl (C=O) groups is 1. The average molecular weight is 209 g/mol. The molecule has 1 aromatic carbocycles. The summed E-state index contributed by atoms with van der Waals surface area (Å²) in [7, 11) is 0. The van der Waals surface area contributed by atoms with Crippen molar-refractivity contribution in [1.29, 1.82) is 0 Å². The quantitative estimate of drug-likeness (QED) is 0.785. The van der Waals surface area contributed by atoms with Crippen molar-refractivity contribution in [3.63, 3.8) is 0 Å². The molecule has 0 aliphatic carbocycles.